The molecule has 1 heterocycles. The number of fused-ring (bicyclic) bond motifs is 1. The number of hydrogen-bond donors (Lipinski definition) is 1. The van der Waals surface area contributed by atoms with E-state index in [9.17, 15) is 13.2 Å². The quantitative estimate of drug-likeness (QED) is 0.897. The zero-order valence-corrected chi connectivity index (χ0v) is 17.0. The van der Waals surface area contributed by atoms with Crippen molar-refractivity contribution in [2.45, 2.75) is 56.8 Å². The van der Waals surface area contributed by atoms with E-state index in [-0.39, 0.29) is 16.2 Å². The molecule has 2 aromatic rings. The SMILES string of the molecule is Cc1c2c(c(C)n1-c1cccc(S(C)(=O)=O)c1)C(C)(C(N)=O)CC2(C)C. The van der Waals surface area contributed by atoms with Crippen molar-refractivity contribution in [3.8, 4) is 5.69 Å². The van der Waals surface area contributed by atoms with Gasteiger partial charge in [-0.2, -0.15) is 0 Å². The summed E-state index contributed by atoms with van der Waals surface area (Å²) in [6.45, 7) is 10.2. The van der Waals surface area contributed by atoms with Crippen LogP contribution in [0.15, 0.2) is 29.2 Å². The molecular formula is C20H26N2O3S. The Labute approximate surface area is 155 Å². The van der Waals surface area contributed by atoms with Crippen molar-refractivity contribution >= 4 is 15.7 Å². The summed E-state index contributed by atoms with van der Waals surface area (Å²) in [6.07, 6.45) is 1.88. The summed E-state index contributed by atoms with van der Waals surface area (Å²) in [5.74, 6) is -0.325. The van der Waals surface area contributed by atoms with Gasteiger partial charge in [0, 0.05) is 23.3 Å². The Kier molecular flexibility index (Phi) is 3.93. The van der Waals surface area contributed by atoms with E-state index in [0.29, 0.717) is 6.42 Å². The Hall–Kier alpha value is -2.08. The minimum atomic E-state index is -3.30. The molecule has 1 amide bonds. The van der Waals surface area contributed by atoms with Gasteiger partial charge < -0.3 is 10.3 Å². The predicted octanol–water partition coefficient (Wildman–Crippen LogP) is 2.92. The Morgan fingerprint density at radius 1 is 1.12 bits per heavy atom. The van der Waals surface area contributed by atoms with Gasteiger partial charge in [-0.15, -0.1) is 0 Å². The monoisotopic (exact) mass is 374 g/mol. The standard InChI is InChI=1S/C20H26N2O3S/c1-12-16-17(20(5,18(21)23)11-19(16,3)4)13(2)22(12)14-8-7-9-15(10-14)26(6,24)25/h7-10H,11H2,1-6H3,(H2,21,23). The number of aromatic nitrogens is 1. The lowest BCUT2D eigenvalue weighted by atomic mass is 9.79. The van der Waals surface area contributed by atoms with Crippen LogP contribution in [0.4, 0.5) is 0 Å². The van der Waals surface area contributed by atoms with Crippen LogP contribution in [0.3, 0.4) is 0 Å². The van der Waals surface area contributed by atoms with Gasteiger partial charge in [-0.25, -0.2) is 8.42 Å². The molecule has 6 heteroatoms. The number of hydrogen-bond acceptors (Lipinski definition) is 3. The lowest BCUT2D eigenvalue weighted by molar-refractivity contribution is -0.123. The molecular weight excluding hydrogens is 348 g/mol. The Bertz CT molecular complexity index is 1030. The molecule has 3 rings (SSSR count). The van der Waals surface area contributed by atoms with Gasteiger partial charge >= 0.3 is 0 Å². The van der Waals surface area contributed by atoms with E-state index in [4.69, 9.17) is 5.73 Å². The van der Waals surface area contributed by atoms with Crippen molar-refractivity contribution in [3.63, 3.8) is 0 Å². The van der Waals surface area contributed by atoms with Crippen LogP contribution in [0.25, 0.3) is 5.69 Å². The van der Waals surface area contributed by atoms with Gasteiger partial charge in [-0.05, 0) is 61.9 Å². The highest BCUT2D eigenvalue weighted by atomic mass is 32.2. The van der Waals surface area contributed by atoms with Crippen LogP contribution in [-0.4, -0.2) is 25.1 Å². The number of amides is 1. The second kappa shape index (κ2) is 5.46. The molecule has 0 radical (unpaired) electrons. The highest BCUT2D eigenvalue weighted by Gasteiger charge is 2.52. The topological polar surface area (TPSA) is 82.2 Å². The maximum Gasteiger partial charge on any atom is 0.227 e. The van der Waals surface area contributed by atoms with Gasteiger partial charge in [0.1, 0.15) is 0 Å². The average Bonchev–Trinajstić information content (AvgIpc) is 2.90. The first-order valence-corrected chi connectivity index (χ1v) is 10.5. The lowest BCUT2D eigenvalue weighted by Crippen LogP contribution is -2.38. The number of rotatable bonds is 3. The molecule has 0 saturated heterocycles. The van der Waals surface area contributed by atoms with Gasteiger partial charge in [0.05, 0.1) is 10.3 Å². The summed E-state index contributed by atoms with van der Waals surface area (Å²) in [5.41, 5.74) is 9.74. The average molecular weight is 375 g/mol. The van der Waals surface area contributed by atoms with Crippen LogP contribution >= 0.6 is 0 Å². The van der Waals surface area contributed by atoms with Gasteiger partial charge in [-0.3, -0.25) is 4.79 Å². The molecule has 2 N–H and O–H groups in total. The summed E-state index contributed by atoms with van der Waals surface area (Å²) in [7, 11) is -3.30. The van der Waals surface area contributed by atoms with Crippen LogP contribution in [0.2, 0.25) is 0 Å². The summed E-state index contributed by atoms with van der Waals surface area (Å²) in [6, 6.07) is 6.91. The minimum absolute atomic E-state index is 0.187. The van der Waals surface area contributed by atoms with Crippen molar-refractivity contribution < 1.29 is 13.2 Å². The normalized spacial score (nSPS) is 21.6. The molecule has 1 aromatic carbocycles. The molecule has 0 fully saturated rings. The number of nitrogens with two attached hydrogens (primary N) is 1. The third-order valence-electron chi connectivity index (χ3n) is 5.72. The van der Waals surface area contributed by atoms with Crippen LogP contribution in [0.1, 0.15) is 49.7 Å². The van der Waals surface area contributed by atoms with E-state index in [1.54, 1.807) is 18.2 Å². The van der Waals surface area contributed by atoms with Gasteiger partial charge in [0.2, 0.25) is 5.91 Å². The van der Waals surface area contributed by atoms with Crippen LogP contribution in [0.5, 0.6) is 0 Å². The van der Waals surface area contributed by atoms with E-state index in [0.717, 1.165) is 28.2 Å². The number of benzene rings is 1. The van der Waals surface area contributed by atoms with Crippen molar-refractivity contribution in [1.29, 1.82) is 0 Å². The molecule has 1 aromatic heterocycles. The number of carbonyl (C=O) groups is 1. The first-order valence-electron chi connectivity index (χ1n) is 8.64. The summed E-state index contributed by atoms with van der Waals surface area (Å²) in [5, 5.41) is 0. The maximum absolute atomic E-state index is 12.3. The second-order valence-electron chi connectivity index (χ2n) is 8.28. The third kappa shape index (κ3) is 2.50. The molecule has 1 aliphatic rings. The molecule has 0 aliphatic heterocycles. The van der Waals surface area contributed by atoms with E-state index in [1.165, 1.54) is 6.26 Å². The Morgan fingerprint density at radius 3 is 2.23 bits per heavy atom. The minimum Gasteiger partial charge on any atom is -0.369 e. The van der Waals surface area contributed by atoms with E-state index >= 15 is 0 Å². The van der Waals surface area contributed by atoms with E-state index in [2.05, 4.69) is 13.8 Å². The summed E-state index contributed by atoms with van der Waals surface area (Å²) >= 11 is 0. The second-order valence-corrected chi connectivity index (χ2v) is 10.3. The van der Waals surface area contributed by atoms with Crippen LogP contribution in [-0.2, 0) is 25.5 Å². The van der Waals surface area contributed by atoms with E-state index < -0.39 is 15.3 Å². The predicted molar refractivity (Wildman–Crippen MR) is 103 cm³/mol. The fourth-order valence-corrected chi connectivity index (χ4v) is 5.51. The highest BCUT2D eigenvalue weighted by Crippen LogP contribution is 2.53. The summed E-state index contributed by atoms with van der Waals surface area (Å²) < 4.78 is 25.9. The highest BCUT2D eigenvalue weighted by molar-refractivity contribution is 7.90. The van der Waals surface area contributed by atoms with E-state index in [1.807, 2.05) is 31.4 Å². The molecule has 26 heavy (non-hydrogen) atoms. The fourth-order valence-electron chi connectivity index (χ4n) is 4.85. The largest absolute Gasteiger partial charge is 0.369 e. The molecule has 140 valence electrons. The fraction of sp³-hybridized carbons (Fsp3) is 0.450. The molecule has 0 spiro atoms. The summed E-state index contributed by atoms with van der Waals surface area (Å²) in [4.78, 5) is 12.6. The van der Waals surface area contributed by atoms with Crippen molar-refractivity contribution in [3.05, 3.63) is 46.8 Å². The smallest absolute Gasteiger partial charge is 0.227 e. The van der Waals surface area contributed by atoms with Crippen molar-refractivity contribution in [2.24, 2.45) is 5.73 Å². The lowest BCUT2D eigenvalue weighted by Gasteiger charge is -2.27. The molecule has 1 unspecified atom stereocenters. The van der Waals surface area contributed by atoms with Gasteiger partial charge in [-0.1, -0.05) is 19.9 Å². The van der Waals surface area contributed by atoms with Crippen molar-refractivity contribution in [2.75, 3.05) is 6.26 Å². The molecule has 1 aliphatic carbocycles. The van der Waals surface area contributed by atoms with Crippen LogP contribution < -0.4 is 5.73 Å². The Balaban J connectivity index is 2.34. The molecule has 5 nitrogen and oxygen atoms in total. The number of sulfone groups is 1. The molecule has 0 saturated carbocycles. The zero-order chi connectivity index (χ0) is 19.7. The first-order chi connectivity index (χ1) is 11.8. The molecule has 1 atom stereocenters. The van der Waals surface area contributed by atoms with Crippen LogP contribution in [0, 0.1) is 13.8 Å². The number of carbonyl (C=O) groups excluding carboxylic acids is 1. The third-order valence-corrected chi connectivity index (χ3v) is 6.83. The zero-order valence-electron chi connectivity index (χ0n) is 16.2. The van der Waals surface area contributed by atoms with Crippen molar-refractivity contribution in [1.82, 2.24) is 4.57 Å². The number of primary amides is 1. The van der Waals surface area contributed by atoms with Gasteiger partial charge in [0.15, 0.2) is 9.84 Å². The van der Waals surface area contributed by atoms with Gasteiger partial charge in [0.25, 0.3) is 0 Å². The number of nitrogens with zero attached hydrogens (tertiary/aromatic N) is 1. The maximum atomic E-state index is 12.3. The Morgan fingerprint density at radius 2 is 1.69 bits per heavy atom. The first kappa shape index (κ1) is 18.7. The molecule has 0 bridgehead atoms.